The van der Waals surface area contributed by atoms with Crippen molar-refractivity contribution >= 4 is 5.91 Å². The number of hydrogen-bond donors (Lipinski definition) is 1. The van der Waals surface area contributed by atoms with E-state index in [0.717, 1.165) is 38.4 Å². The summed E-state index contributed by atoms with van der Waals surface area (Å²) >= 11 is 0. The van der Waals surface area contributed by atoms with E-state index in [1.54, 1.807) is 6.33 Å². The Kier molecular flexibility index (Phi) is 4.97. The van der Waals surface area contributed by atoms with Gasteiger partial charge in [0.05, 0.1) is 6.33 Å². The highest BCUT2D eigenvalue weighted by atomic mass is 16.2. The molecule has 3 saturated heterocycles. The molecule has 0 radical (unpaired) electrons. The SMILES string of the molecule is O=C1CCC[C@H]2[C@@H]3C[C@@H](CN(Cc4cnc[nH]4)C3)[C@H](CC3CCCCC3)N12. The highest BCUT2D eigenvalue weighted by molar-refractivity contribution is 5.78. The van der Waals surface area contributed by atoms with Crippen LogP contribution in [0.25, 0.3) is 0 Å². The summed E-state index contributed by atoms with van der Waals surface area (Å²) in [7, 11) is 0. The van der Waals surface area contributed by atoms with Crippen LogP contribution in [-0.4, -0.2) is 50.8 Å². The van der Waals surface area contributed by atoms with Crippen molar-refractivity contribution in [2.75, 3.05) is 13.1 Å². The lowest BCUT2D eigenvalue weighted by atomic mass is 9.69. The first-order chi connectivity index (χ1) is 13.3. The van der Waals surface area contributed by atoms with Gasteiger partial charge < -0.3 is 9.88 Å². The smallest absolute Gasteiger partial charge is 0.223 e. The fourth-order valence-corrected chi connectivity index (χ4v) is 6.68. The largest absolute Gasteiger partial charge is 0.347 e. The quantitative estimate of drug-likeness (QED) is 0.881. The van der Waals surface area contributed by atoms with Crippen LogP contribution in [0.5, 0.6) is 0 Å². The van der Waals surface area contributed by atoms with E-state index in [1.165, 1.54) is 57.1 Å². The van der Waals surface area contributed by atoms with Crippen LogP contribution < -0.4 is 0 Å². The van der Waals surface area contributed by atoms with Gasteiger partial charge in [-0.05, 0) is 43.4 Å². The van der Waals surface area contributed by atoms with Gasteiger partial charge in [0.1, 0.15) is 0 Å². The molecule has 0 aromatic carbocycles. The van der Waals surface area contributed by atoms with Gasteiger partial charge in [0.15, 0.2) is 0 Å². The summed E-state index contributed by atoms with van der Waals surface area (Å²) in [6.07, 6.45) is 16.4. The molecule has 1 N–H and O–H groups in total. The molecule has 0 spiro atoms. The van der Waals surface area contributed by atoms with Gasteiger partial charge in [0, 0.05) is 50.0 Å². The Balaban J connectivity index is 1.36. The topological polar surface area (TPSA) is 52.2 Å². The average Bonchev–Trinajstić information content (AvgIpc) is 3.19. The van der Waals surface area contributed by atoms with Gasteiger partial charge in [-0.15, -0.1) is 0 Å². The van der Waals surface area contributed by atoms with E-state index >= 15 is 0 Å². The van der Waals surface area contributed by atoms with Gasteiger partial charge >= 0.3 is 0 Å². The van der Waals surface area contributed by atoms with Crippen molar-refractivity contribution in [1.82, 2.24) is 19.8 Å². The number of imidazole rings is 1. The maximum atomic E-state index is 12.9. The normalized spacial score (nSPS) is 35.3. The standard InChI is InChI=1S/C22H34N4O/c27-22-8-4-7-20-17-10-18(13-25(12-17)14-19-11-23-15-24-19)21(26(20)22)9-16-5-2-1-3-6-16/h11,15-18,20-21H,1-10,12-14H2,(H,23,24)/t17-,18+,20+,21+/m1/s1. The van der Waals surface area contributed by atoms with Crippen molar-refractivity contribution in [3.8, 4) is 0 Å². The van der Waals surface area contributed by atoms with Crippen LogP contribution in [0.4, 0.5) is 0 Å². The molecule has 5 rings (SSSR count). The van der Waals surface area contributed by atoms with E-state index < -0.39 is 0 Å². The Morgan fingerprint density at radius 2 is 1.93 bits per heavy atom. The lowest BCUT2D eigenvalue weighted by molar-refractivity contribution is -0.154. The molecule has 2 bridgehead atoms. The zero-order valence-corrected chi connectivity index (χ0v) is 16.5. The minimum atomic E-state index is 0.462. The predicted molar refractivity (Wildman–Crippen MR) is 105 cm³/mol. The van der Waals surface area contributed by atoms with Crippen LogP contribution in [0, 0.1) is 17.8 Å². The molecule has 4 fully saturated rings. The monoisotopic (exact) mass is 370 g/mol. The molecule has 4 atom stereocenters. The first-order valence-corrected chi connectivity index (χ1v) is 11.3. The molecule has 27 heavy (non-hydrogen) atoms. The van der Waals surface area contributed by atoms with Crippen LogP contribution >= 0.6 is 0 Å². The Morgan fingerprint density at radius 3 is 2.74 bits per heavy atom. The first-order valence-electron chi connectivity index (χ1n) is 11.3. The molecule has 1 aromatic heterocycles. The molecule has 1 saturated carbocycles. The number of amides is 1. The number of fused-ring (bicyclic) bond motifs is 4. The number of nitrogens with zero attached hydrogens (tertiary/aromatic N) is 3. The fourth-order valence-electron chi connectivity index (χ4n) is 6.68. The Labute approximate surface area is 162 Å². The number of H-pyrrole nitrogens is 1. The van der Waals surface area contributed by atoms with Crippen molar-refractivity contribution in [3.63, 3.8) is 0 Å². The van der Waals surface area contributed by atoms with Crippen molar-refractivity contribution in [2.24, 2.45) is 17.8 Å². The molecule has 5 nitrogen and oxygen atoms in total. The molecule has 4 aliphatic rings. The van der Waals surface area contributed by atoms with E-state index in [-0.39, 0.29) is 0 Å². The summed E-state index contributed by atoms with van der Waals surface area (Å²) in [5.41, 5.74) is 1.22. The Hall–Kier alpha value is -1.36. The van der Waals surface area contributed by atoms with E-state index in [9.17, 15) is 4.79 Å². The fraction of sp³-hybridized carbons (Fsp3) is 0.818. The number of likely N-dealkylation sites (tertiary alicyclic amines) is 1. The van der Waals surface area contributed by atoms with E-state index in [1.807, 2.05) is 6.20 Å². The summed E-state index contributed by atoms with van der Waals surface area (Å²) < 4.78 is 0. The number of carbonyl (C=O) groups excluding carboxylic acids is 1. The molecule has 5 heteroatoms. The molecule has 1 aromatic rings. The van der Waals surface area contributed by atoms with Gasteiger partial charge in [0.2, 0.25) is 5.91 Å². The third-order valence-electron chi connectivity index (χ3n) is 7.82. The van der Waals surface area contributed by atoms with Gasteiger partial charge in [-0.25, -0.2) is 4.98 Å². The molecule has 4 heterocycles. The van der Waals surface area contributed by atoms with Gasteiger partial charge in [-0.2, -0.15) is 0 Å². The molecule has 1 amide bonds. The Morgan fingerprint density at radius 1 is 1.07 bits per heavy atom. The van der Waals surface area contributed by atoms with Crippen LogP contribution in [-0.2, 0) is 11.3 Å². The number of nitrogens with one attached hydrogen (secondary N) is 1. The maximum Gasteiger partial charge on any atom is 0.223 e. The number of rotatable bonds is 4. The zero-order valence-electron chi connectivity index (χ0n) is 16.5. The molecule has 1 aliphatic carbocycles. The number of aromatic nitrogens is 2. The van der Waals surface area contributed by atoms with E-state index in [4.69, 9.17) is 0 Å². The second-order valence-electron chi connectivity index (χ2n) is 9.59. The number of hydrogen-bond acceptors (Lipinski definition) is 3. The summed E-state index contributed by atoms with van der Waals surface area (Å²) in [5, 5.41) is 0. The van der Waals surface area contributed by atoms with Gasteiger partial charge in [-0.1, -0.05) is 32.1 Å². The van der Waals surface area contributed by atoms with Crippen molar-refractivity contribution in [3.05, 3.63) is 18.2 Å². The lowest BCUT2D eigenvalue weighted by Crippen LogP contribution is -2.65. The van der Waals surface area contributed by atoms with Gasteiger partial charge in [0.25, 0.3) is 0 Å². The maximum absolute atomic E-state index is 12.9. The first kappa shape index (κ1) is 17.7. The van der Waals surface area contributed by atoms with Crippen LogP contribution in [0.1, 0.15) is 69.9 Å². The summed E-state index contributed by atoms with van der Waals surface area (Å²) in [4.78, 5) is 25.5. The molecular weight excluding hydrogens is 336 g/mol. The van der Waals surface area contributed by atoms with Crippen LogP contribution in [0.15, 0.2) is 12.5 Å². The van der Waals surface area contributed by atoms with Crippen molar-refractivity contribution in [2.45, 2.75) is 82.8 Å². The third-order valence-corrected chi connectivity index (χ3v) is 7.82. The number of piperidine rings is 3. The highest BCUT2D eigenvalue weighted by Gasteiger charge is 2.49. The molecule has 3 aliphatic heterocycles. The minimum Gasteiger partial charge on any atom is -0.347 e. The number of aromatic amines is 1. The molecular formula is C22H34N4O. The molecule has 148 valence electrons. The second kappa shape index (κ2) is 7.57. The molecule has 0 unspecified atom stereocenters. The van der Waals surface area contributed by atoms with Crippen molar-refractivity contribution in [1.29, 1.82) is 0 Å². The third kappa shape index (κ3) is 3.55. The van der Waals surface area contributed by atoms with E-state index in [0.29, 0.717) is 29.8 Å². The van der Waals surface area contributed by atoms with Crippen LogP contribution in [0.3, 0.4) is 0 Å². The van der Waals surface area contributed by atoms with Crippen LogP contribution in [0.2, 0.25) is 0 Å². The van der Waals surface area contributed by atoms with Gasteiger partial charge in [-0.3, -0.25) is 9.69 Å². The zero-order chi connectivity index (χ0) is 18.2. The number of carbonyl (C=O) groups is 1. The lowest BCUT2D eigenvalue weighted by Gasteiger charge is -2.57. The summed E-state index contributed by atoms with van der Waals surface area (Å²) in [6.45, 7) is 3.26. The highest BCUT2D eigenvalue weighted by Crippen LogP contribution is 2.44. The second-order valence-corrected chi connectivity index (χ2v) is 9.59. The predicted octanol–water partition coefficient (Wildman–Crippen LogP) is 3.58. The summed E-state index contributed by atoms with van der Waals surface area (Å²) in [6, 6.07) is 0.993. The average molecular weight is 371 g/mol. The van der Waals surface area contributed by atoms with E-state index in [2.05, 4.69) is 19.8 Å². The summed E-state index contributed by atoms with van der Waals surface area (Å²) in [5.74, 6) is 2.63. The Bertz CT molecular complexity index is 639. The minimum absolute atomic E-state index is 0.462. The van der Waals surface area contributed by atoms with Crippen molar-refractivity contribution < 1.29 is 4.79 Å².